The van der Waals surface area contributed by atoms with Crippen molar-refractivity contribution in [3.05, 3.63) is 0 Å². The van der Waals surface area contributed by atoms with Crippen LogP contribution in [0.1, 0.15) is 46.5 Å². The minimum absolute atomic E-state index is 0.262. The highest BCUT2D eigenvalue weighted by Gasteiger charge is 2.54. The molecular formula is C12H21NO4. The molecule has 0 saturated heterocycles. The third kappa shape index (κ3) is 2.77. The van der Waals surface area contributed by atoms with E-state index in [-0.39, 0.29) is 6.42 Å². The second-order valence-corrected chi connectivity index (χ2v) is 5.63. The van der Waals surface area contributed by atoms with Crippen molar-refractivity contribution >= 4 is 11.9 Å². The van der Waals surface area contributed by atoms with Gasteiger partial charge in [0.25, 0.3) is 0 Å². The van der Waals surface area contributed by atoms with Crippen LogP contribution in [0.4, 0.5) is 0 Å². The Morgan fingerprint density at radius 1 is 1.35 bits per heavy atom. The predicted octanol–water partition coefficient (Wildman–Crippen LogP) is 1.30. The maximum absolute atomic E-state index is 12.1. The molecule has 1 saturated carbocycles. The molecule has 0 aromatic rings. The summed E-state index contributed by atoms with van der Waals surface area (Å²) < 4.78 is 5.21. The third-order valence-corrected chi connectivity index (χ3v) is 3.11. The van der Waals surface area contributed by atoms with Gasteiger partial charge in [-0.05, 0) is 33.6 Å². The van der Waals surface area contributed by atoms with E-state index in [0.717, 1.165) is 6.42 Å². The number of carboxylic acid groups (broad SMARTS) is 1. The molecule has 1 aliphatic carbocycles. The molecule has 1 fully saturated rings. The first kappa shape index (κ1) is 14.0. The van der Waals surface area contributed by atoms with Crippen molar-refractivity contribution in [2.24, 2.45) is 11.1 Å². The van der Waals surface area contributed by atoms with Crippen LogP contribution in [0.2, 0.25) is 0 Å². The highest BCUT2D eigenvalue weighted by Crippen LogP contribution is 2.38. The number of esters is 1. The summed E-state index contributed by atoms with van der Waals surface area (Å²) >= 11 is 0. The number of carbonyl (C=O) groups is 2. The summed E-state index contributed by atoms with van der Waals surface area (Å²) in [5.41, 5.74) is 3.59. The molecule has 1 aliphatic rings. The number of aliphatic carboxylic acids is 1. The molecule has 2 atom stereocenters. The Balaban J connectivity index is 2.99. The Bertz CT molecular complexity index is 321. The Labute approximate surface area is 101 Å². The minimum atomic E-state index is -1.56. The maximum atomic E-state index is 12.1. The highest BCUT2D eigenvalue weighted by atomic mass is 16.6. The SMILES string of the molecule is CC(C)(C)OC(=O)[C@]1(C(=O)O)CCCC[C@H]1N. The summed E-state index contributed by atoms with van der Waals surface area (Å²) in [6.45, 7) is 5.15. The molecule has 0 spiro atoms. The van der Waals surface area contributed by atoms with Crippen LogP contribution in [0.5, 0.6) is 0 Å². The van der Waals surface area contributed by atoms with Gasteiger partial charge in [-0.25, -0.2) is 0 Å². The molecule has 3 N–H and O–H groups in total. The van der Waals surface area contributed by atoms with E-state index in [1.54, 1.807) is 20.8 Å². The van der Waals surface area contributed by atoms with Crippen molar-refractivity contribution in [2.75, 3.05) is 0 Å². The number of hydrogen-bond acceptors (Lipinski definition) is 4. The van der Waals surface area contributed by atoms with Gasteiger partial charge in [0, 0.05) is 6.04 Å². The van der Waals surface area contributed by atoms with Crippen LogP contribution < -0.4 is 5.73 Å². The third-order valence-electron chi connectivity index (χ3n) is 3.11. The standard InChI is InChI=1S/C12H21NO4/c1-11(2,3)17-10(16)12(9(14)15)7-5-4-6-8(12)13/h8H,4-7,13H2,1-3H3,(H,14,15)/t8-,12-/m1/s1. The van der Waals surface area contributed by atoms with Gasteiger partial charge in [0.05, 0.1) is 0 Å². The molecule has 0 aromatic carbocycles. The van der Waals surface area contributed by atoms with Crippen LogP contribution in [-0.4, -0.2) is 28.7 Å². The quantitative estimate of drug-likeness (QED) is 0.563. The van der Waals surface area contributed by atoms with Crippen LogP contribution in [0.15, 0.2) is 0 Å². The van der Waals surface area contributed by atoms with E-state index < -0.39 is 29.0 Å². The minimum Gasteiger partial charge on any atom is -0.480 e. The molecule has 0 aliphatic heterocycles. The Morgan fingerprint density at radius 2 is 1.94 bits per heavy atom. The molecule has 0 amide bonds. The summed E-state index contributed by atoms with van der Waals surface area (Å²) in [5.74, 6) is -1.87. The number of carboxylic acids is 1. The first-order valence-corrected chi connectivity index (χ1v) is 5.92. The summed E-state index contributed by atoms with van der Waals surface area (Å²) in [4.78, 5) is 23.5. The zero-order valence-corrected chi connectivity index (χ0v) is 10.7. The van der Waals surface area contributed by atoms with E-state index in [1.165, 1.54) is 0 Å². The summed E-state index contributed by atoms with van der Waals surface area (Å²) in [5, 5.41) is 9.35. The second kappa shape index (κ2) is 4.64. The van der Waals surface area contributed by atoms with Crippen molar-refractivity contribution in [3.8, 4) is 0 Å². The zero-order valence-electron chi connectivity index (χ0n) is 10.7. The van der Waals surface area contributed by atoms with Gasteiger partial charge in [-0.2, -0.15) is 0 Å². The van der Waals surface area contributed by atoms with Crippen molar-refractivity contribution in [1.82, 2.24) is 0 Å². The van der Waals surface area contributed by atoms with Crippen molar-refractivity contribution in [1.29, 1.82) is 0 Å². The summed E-state index contributed by atoms with van der Waals surface area (Å²) in [6.07, 6.45) is 2.36. The van der Waals surface area contributed by atoms with Crippen molar-refractivity contribution < 1.29 is 19.4 Å². The topological polar surface area (TPSA) is 89.6 Å². The normalized spacial score (nSPS) is 29.8. The lowest BCUT2D eigenvalue weighted by molar-refractivity contribution is -0.180. The zero-order chi connectivity index (χ0) is 13.3. The molecule has 0 heterocycles. The number of hydrogen-bond donors (Lipinski definition) is 2. The van der Waals surface area contributed by atoms with E-state index in [0.29, 0.717) is 12.8 Å². The van der Waals surface area contributed by atoms with Gasteiger partial charge in [-0.15, -0.1) is 0 Å². The molecule has 17 heavy (non-hydrogen) atoms. The fourth-order valence-electron chi connectivity index (χ4n) is 2.18. The van der Waals surface area contributed by atoms with E-state index in [1.807, 2.05) is 0 Å². The summed E-state index contributed by atoms with van der Waals surface area (Å²) in [7, 11) is 0. The molecule has 0 aromatic heterocycles. The Kier molecular flexibility index (Phi) is 3.81. The molecule has 5 heteroatoms. The summed E-state index contributed by atoms with van der Waals surface area (Å²) in [6, 6.07) is -0.663. The van der Waals surface area contributed by atoms with Gasteiger partial charge in [-0.1, -0.05) is 12.8 Å². The van der Waals surface area contributed by atoms with Gasteiger partial charge in [0.2, 0.25) is 0 Å². The Morgan fingerprint density at radius 3 is 2.35 bits per heavy atom. The molecule has 98 valence electrons. The molecule has 0 unspecified atom stereocenters. The molecule has 1 rings (SSSR count). The number of carbonyl (C=O) groups excluding carboxylic acids is 1. The van der Waals surface area contributed by atoms with Gasteiger partial charge < -0.3 is 15.6 Å². The number of rotatable bonds is 2. The van der Waals surface area contributed by atoms with Crippen LogP contribution in [-0.2, 0) is 14.3 Å². The lowest BCUT2D eigenvalue weighted by Crippen LogP contribution is -2.56. The van der Waals surface area contributed by atoms with E-state index in [9.17, 15) is 14.7 Å². The maximum Gasteiger partial charge on any atom is 0.325 e. The largest absolute Gasteiger partial charge is 0.480 e. The van der Waals surface area contributed by atoms with Gasteiger partial charge in [0.15, 0.2) is 5.41 Å². The van der Waals surface area contributed by atoms with E-state index in [4.69, 9.17) is 10.5 Å². The van der Waals surface area contributed by atoms with Gasteiger partial charge >= 0.3 is 11.9 Å². The predicted molar refractivity (Wildman–Crippen MR) is 62.4 cm³/mol. The van der Waals surface area contributed by atoms with Gasteiger partial charge in [-0.3, -0.25) is 9.59 Å². The average molecular weight is 243 g/mol. The van der Waals surface area contributed by atoms with Crippen LogP contribution in [0.3, 0.4) is 0 Å². The first-order valence-electron chi connectivity index (χ1n) is 5.92. The first-order chi connectivity index (χ1) is 7.70. The number of nitrogens with two attached hydrogens (primary N) is 1. The van der Waals surface area contributed by atoms with Crippen molar-refractivity contribution in [2.45, 2.75) is 58.1 Å². The molecular weight excluding hydrogens is 222 g/mol. The van der Waals surface area contributed by atoms with Crippen LogP contribution in [0.25, 0.3) is 0 Å². The fourth-order valence-corrected chi connectivity index (χ4v) is 2.18. The smallest absolute Gasteiger partial charge is 0.325 e. The number of ether oxygens (including phenoxy) is 1. The molecule has 0 radical (unpaired) electrons. The van der Waals surface area contributed by atoms with E-state index >= 15 is 0 Å². The lowest BCUT2D eigenvalue weighted by atomic mass is 9.70. The van der Waals surface area contributed by atoms with Crippen LogP contribution >= 0.6 is 0 Å². The fraction of sp³-hybridized carbons (Fsp3) is 0.833. The van der Waals surface area contributed by atoms with E-state index in [2.05, 4.69) is 0 Å². The molecule has 0 bridgehead atoms. The van der Waals surface area contributed by atoms with Crippen LogP contribution in [0, 0.1) is 5.41 Å². The highest BCUT2D eigenvalue weighted by molar-refractivity contribution is 6.00. The lowest BCUT2D eigenvalue weighted by Gasteiger charge is -2.38. The van der Waals surface area contributed by atoms with Crippen molar-refractivity contribution in [3.63, 3.8) is 0 Å². The molecule has 5 nitrogen and oxygen atoms in total. The van der Waals surface area contributed by atoms with Gasteiger partial charge in [0.1, 0.15) is 5.60 Å². The average Bonchev–Trinajstić information content (AvgIpc) is 2.15. The second-order valence-electron chi connectivity index (χ2n) is 5.63. The monoisotopic (exact) mass is 243 g/mol. The Hall–Kier alpha value is -1.10.